The fourth-order valence-corrected chi connectivity index (χ4v) is 3.44. The van der Waals surface area contributed by atoms with E-state index in [9.17, 15) is 4.79 Å². The van der Waals surface area contributed by atoms with Crippen LogP contribution in [0.1, 0.15) is 0 Å². The molecule has 1 N–H and O–H groups in total. The first-order valence-corrected chi connectivity index (χ1v) is 9.48. The molecule has 0 saturated heterocycles. The van der Waals surface area contributed by atoms with E-state index < -0.39 is 0 Å². The molecular weight excluding hydrogens is 382 g/mol. The summed E-state index contributed by atoms with van der Waals surface area (Å²) in [6.07, 6.45) is 2.99. The van der Waals surface area contributed by atoms with Crippen molar-refractivity contribution in [3.05, 3.63) is 72.3 Å². The van der Waals surface area contributed by atoms with Gasteiger partial charge in [-0.05, 0) is 30.3 Å². The molecule has 27 heavy (non-hydrogen) atoms. The molecule has 1 amide bonds. The lowest BCUT2D eigenvalue weighted by atomic mass is 10.2. The van der Waals surface area contributed by atoms with Crippen molar-refractivity contribution < 1.29 is 4.79 Å². The lowest BCUT2D eigenvalue weighted by Gasteiger charge is -2.11. The molecule has 0 bridgehead atoms. The van der Waals surface area contributed by atoms with Crippen molar-refractivity contribution in [1.82, 2.24) is 19.7 Å². The minimum absolute atomic E-state index is 0.154. The molecule has 0 aliphatic heterocycles. The van der Waals surface area contributed by atoms with Gasteiger partial charge in [0.2, 0.25) is 5.91 Å². The Hall–Kier alpha value is -2.90. The van der Waals surface area contributed by atoms with Crippen molar-refractivity contribution >= 4 is 45.9 Å². The summed E-state index contributed by atoms with van der Waals surface area (Å²) < 4.78 is 1.57. The second kappa shape index (κ2) is 7.77. The number of rotatable bonds is 5. The molecule has 0 unspecified atom stereocenters. The summed E-state index contributed by atoms with van der Waals surface area (Å²) >= 11 is 7.46. The molecule has 2 aromatic carbocycles. The Bertz CT molecular complexity index is 1100. The number of halogens is 1. The molecule has 4 rings (SSSR count). The Labute approximate surface area is 164 Å². The molecule has 2 heterocycles. The number of nitrogens with zero attached hydrogens (tertiary/aromatic N) is 4. The van der Waals surface area contributed by atoms with E-state index in [1.54, 1.807) is 29.2 Å². The van der Waals surface area contributed by atoms with Crippen LogP contribution in [0, 0.1) is 0 Å². The minimum atomic E-state index is -0.154. The van der Waals surface area contributed by atoms with Crippen LogP contribution in [0.15, 0.2) is 72.3 Å². The number of carbonyl (C=O) groups excluding carboxylic acids is 1. The normalized spacial score (nSPS) is 10.9. The van der Waals surface area contributed by atoms with Gasteiger partial charge in [-0.15, -0.1) is 0 Å². The van der Waals surface area contributed by atoms with Gasteiger partial charge in [0.25, 0.3) is 0 Å². The molecule has 2 aromatic heterocycles. The summed E-state index contributed by atoms with van der Waals surface area (Å²) in [4.78, 5) is 20.9. The molecule has 0 aliphatic rings. The van der Waals surface area contributed by atoms with E-state index in [0.717, 1.165) is 15.9 Å². The number of amides is 1. The number of para-hydroxylation sites is 1. The molecule has 134 valence electrons. The first-order valence-electron chi connectivity index (χ1n) is 8.12. The van der Waals surface area contributed by atoms with Gasteiger partial charge in [0, 0.05) is 10.4 Å². The van der Waals surface area contributed by atoms with Gasteiger partial charge in [0.15, 0.2) is 0 Å². The van der Waals surface area contributed by atoms with Gasteiger partial charge in [0.05, 0.1) is 27.7 Å². The average Bonchev–Trinajstić information content (AvgIpc) is 3.21. The van der Waals surface area contributed by atoms with Crippen molar-refractivity contribution in [2.24, 2.45) is 0 Å². The fourth-order valence-electron chi connectivity index (χ4n) is 2.59. The van der Waals surface area contributed by atoms with Crippen LogP contribution >= 0.6 is 23.4 Å². The van der Waals surface area contributed by atoms with Crippen LogP contribution in [0.4, 0.5) is 5.69 Å². The highest BCUT2D eigenvalue weighted by atomic mass is 35.5. The zero-order chi connectivity index (χ0) is 18.6. The van der Waals surface area contributed by atoms with Gasteiger partial charge in [0.1, 0.15) is 12.7 Å². The second-order valence-corrected chi connectivity index (χ2v) is 7.11. The summed E-state index contributed by atoms with van der Waals surface area (Å²) in [7, 11) is 0. The smallest absolute Gasteiger partial charge is 0.234 e. The highest BCUT2D eigenvalue weighted by molar-refractivity contribution is 7.99. The van der Waals surface area contributed by atoms with Crippen LogP contribution in [0.3, 0.4) is 0 Å². The number of hydrogen-bond acceptors (Lipinski definition) is 5. The number of benzene rings is 2. The molecule has 0 saturated carbocycles. The molecule has 6 nitrogen and oxygen atoms in total. The highest BCUT2D eigenvalue weighted by Crippen LogP contribution is 2.25. The predicted octanol–water partition coefficient (Wildman–Crippen LogP) is 4.20. The van der Waals surface area contributed by atoms with E-state index in [0.29, 0.717) is 16.4 Å². The van der Waals surface area contributed by atoms with Crippen molar-refractivity contribution in [2.45, 2.75) is 5.03 Å². The Morgan fingerprint density at radius 1 is 1.15 bits per heavy atom. The lowest BCUT2D eigenvalue weighted by Crippen LogP contribution is -2.16. The Kier molecular flexibility index (Phi) is 5.04. The molecule has 8 heteroatoms. The fraction of sp³-hybridized carbons (Fsp3) is 0.0526. The monoisotopic (exact) mass is 395 g/mol. The van der Waals surface area contributed by atoms with Crippen molar-refractivity contribution in [2.75, 3.05) is 11.1 Å². The van der Waals surface area contributed by atoms with Gasteiger partial charge < -0.3 is 5.32 Å². The maximum absolute atomic E-state index is 12.4. The number of thioether (sulfide) groups is 1. The third-order valence-corrected chi connectivity index (χ3v) is 4.99. The Balaban J connectivity index is 1.47. The molecule has 4 aromatic rings. The maximum Gasteiger partial charge on any atom is 0.234 e. The van der Waals surface area contributed by atoms with Gasteiger partial charge in [-0.3, -0.25) is 4.79 Å². The summed E-state index contributed by atoms with van der Waals surface area (Å²) in [6.45, 7) is 0. The van der Waals surface area contributed by atoms with Crippen LogP contribution in [0.25, 0.3) is 16.6 Å². The highest BCUT2D eigenvalue weighted by Gasteiger charge is 2.11. The van der Waals surface area contributed by atoms with E-state index in [1.807, 2.05) is 36.4 Å². The maximum atomic E-state index is 12.4. The zero-order valence-corrected chi connectivity index (χ0v) is 15.6. The topological polar surface area (TPSA) is 72.7 Å². The average molecular weight is 396 g/mol. The number of fused-ring (bicyclic) bond motifs is 1. The van der Waals surface area contributed by atoms with E-state index in [1.165, 1.54) is 18.1 Å². The SMILES string of the molecule is O=C(CSc1ccc2ccccc2n1)Nc1cc(Cl)ccc1-n1cncn1. The largest absolute Gasteiger partial charge is 0.323 e. The quantitative estimate of drug-likeness (QED) is 0.513. The molecule has 0 aliphatic carbocycles. The number of nitrogens with one attached hydrogen (secondary N) is 1. The third-order valence-electron chi connectivity index (χ3n) is 3.82. The first-order chi connectivity index (χ1) is 13.2. The van der Waals surface area contributed by atoms with Crippen LogP contribution < -0.4 is 5.32 Å². The van der Waals surface area contributed by atoms with Crippen LogP contribution in [0.5, 0.6) is 0 Å². The number of pyridine rings is 1. The van der Waals surface area contributed by atoms with E-state index in [-0.39, 0.29) is 11.7 Å². The second-order valence-electron chi connectivity index (χ2n) is 5.68. The predicted molar refractivity (Wildman–Crippen MR) is 107 cm³/mol. The van der Waals surface area contributed by atoms with Crippen molar-refractivity contribution in [1.29, 1.82) is 0 Å². The number of carbonyl (C=O) groups is 1. The van der Waals surface area contributed by atoms with E-state index >= 15 is 0 Å². The minimum Gasteiger partial charge on any atom is -0.323 e. The van der Waals surface area contributed by atoms with Gasteiger partial charge in [-0.1, -0.05) is 47.6 Å². The lowest BCUT2D eigenvalue weighted by molar-refractivity contribution is -0.113. The summed E-state index contributed by atoms with van der Waals surface area (Å²) in [5.74, 6) is 0.0767. The van der Waals surface area contributed by atoms with Gasteiger partial charge in [-0.25, -0.2) is 14.6 Å². The summed E-state index contributed by atoms with van der Waals surface area (Å²) in [6, 6.07) is 17.0. The third kappa shape index (κ3) is 4.10. The van der Waals surface area contributed by atoms with Crippen LogP contribution in [-0.2, 0) is 4.79 Å². The van der Waals surface area contributed by atoms with Crippen LogP contribution in [-0.4, -0.2) is 31.4 Å². The Morgan fingerprint density at radius 3 is 2.89 bits per heavy atom. The van der Waals surface area contributed by atoms with Gasteiger partial charge in [-0.2, -0.15) is 5.10 Å². The van der Waals surface area contributed by atoms with E-state index in [4.69, 9.17) is 11.6 Å². The number of aromatic nitrogens is 4. The molecule has 0 spiro atoms. The molecule has 0 fully saturated rings. The zero-order valence-electron chi connectivity index (χ0n) is 14.0. The molecule has 0 radical (unpaired) electrons. The Morgan fingerprint density at radius 2 is 2.04 bits per heavy atom. The van der Waals surface area contributed by atoms with E-state index in [2.05, 4.69) is 20.4 Å². The molecule has 0 atom stereocenters. The standard InChI is InChI=1S/C19H14ClN5OS/c20-14-6-7-17(25-12-21-11-22-25)16(9-14)23-18(26)10-27-19-8-5-13-3-1-2-4-15(13)24-19/h1-9,11-12H,10H2,(H,23,26). The van der Waals surface area contributed by atoms with Crippen molar-refractivity contribution in [3.63, 3.8) is 0 Å². The summed E-state index contributed by atoms with van der Waals surface area (Å²) in [5, 5.41) is 9.38. The van der Waals surface area contributed by atoms with Gasteiger partial charge >= 0.3 is 0 Å². The van der Waals surface area contributed by atoms with Crippen LogP contribution in [0.2, 0.25) is 5.02 Å². The summed E-state index contributed by atoms with van der Waals surface area (Å²) in [5.41, 5.74) is 2.18. The number of hydrogen-bond donors (Lipinski definition) is 1. The number of anilines is 1. The van der Waals surface area contributed by atoms with Crippen molar-refractivity contribution in [3.8, 4) is 5.69 Å². The first kappa shape index (κ1) is 17.5. The molecular formula is C19H14ClN5OS.